The van der Waals surface area contributed by atoms with E-state index in [4.69, 9.17) is 9.47 Å². The van der Waals surface area contributed by atoms with Crippen LogP contribution in [0, 0.1) is 0 Å². The molecule has 1 fully saturated rings. The number of piperidine rings is 1. The highest BCUT2D eigenvalue weighted by Gasteiger charge is 2.27. The summed E-state index contributed by atoms with van der Waals surface area (Å²) in [5.74, 6) is 0.743. The normalized spacial score (nSPS) is 23.8. The van der Waals surface area contributed by atoms with Crippen LogP contribution in [0.1, 0.15) is 36.0 Å². The molecule has 0 aromatic heterocycles. The number of carbonyl (C=O) groups excluding carboxylic acids is 1. The predicted octanol–water partition coefficient (Wildman–Crippen LogP) is 2.44. The molecule has 1 aromatic carbocycles. The van der Waals surface area contributed by atoms with Gasteiger partial charge in [-0.1, -0.05) is 18.6 Å². The highest BCUT2D eigenvalue weighted by atomic mass is 16.7. The molecule has 0 radical (unpaired) electrons. The molecule has 0 spiro atoms. The number of hydrogen-bond acceptors (Lipinski definition) is 4. The molecular weight excluding hydrogens is 242 g/mol. The molecule has 1 atom stereocenters. The Morgan fingerprint density at radius 3 is 2.84 bits per heavy atom. The van der Waals surface area contributed by atoms with Gasteiger partial charge in [-0.05, 0) is 25.0 Å². The first-order valence-corrected chi connectivity index (χ1v) is 6.96. The number of benzene rings is 1. The van der Waals surface area contributed by atoms with Crippen molar-refractivity contribution in [3.8, 4) is 5.75 Å². The molecule has 0 amide bonds. The molecule has 1 unspecified atom stereocenters. The van der Waals surface area contributed by atoms with Crippen molar-refractivity contribution in [3.63, 3.8) is 0 Å². The minimum atomic E-state index is -0.440. The van der Waals surface area contributed by atoms with Gasteiger partial charge in [-0.25, -0.2) is 0 Å². The van der Waals surface area contributed by atoms with E-state index in [-0.39, 0.29) is 5.78 Å². The van der Waals surface area contributed by atoms with Crippen LogP contribution in [0.2, 0.25) is 0 Å². The van der Waals surface area contributed by atoms with E-state index >= 15 is 0 Å². The van der Waals surface area contributed by atoms with Crippen molar-refractivity contribution in [2.24, 2.45) is 0 Å². The van der Waals surface area contributed by atoms with E-state index in [0.717, 1.165) is 13.1 Å². The monoisotopic (exact) mass is 261 g/mol. The maximum Gasteiger partial charge on any atom is 0.208 e. The Kier molecular flexibility index (Phi) is 3.80. The molecule has 102 valence electrons. The first-order valence-electron chi connectivity index (χ1n) is 6.96. The summed E-state index contributed by atoms with van der Waals surface area (Å²) < 4.78 is 11.5. The minimum absolute atomic E-state index is 0.102. The maximum atomic E-state index is 12.0. The molecule has 2 aliphatic heterocycles. The van der Waals surface area contributed by atoms with Crippen molar-refractivity contribution >= 4 is 5.78 Å². The summed E-state index contributed by atoms with van der Waals surface area (Å²) in [6.07, 6.45) is 3.64. The second-order valence-electron chi connectivity index (χ2n) is 5.15. The summed E-state index contributed by atoms with van der Waals surface area (Å²) >= 11 is 0. The zero-order chi connectivity index (χ0) is 13.1. The Labute approximate surface area is 113 Å². The summed E-state index contributed by atoms with van der Waals surface area (Å²) in [4.78, 5) is 14.2. The number of Topliss-reactive ketones (excluding diaryl/α,β-unsaturated/α-hetero) is 1. The molecule has 4 heteroatoms. The molecule has 1 aromatic rings. The smallest absolute Gasteiger partial charge is 0.208 e. The molecule has 2 heterocycles. The minimum Gasteiger partial charge on any atom is -0.464 e. The molecule has 0 N–H and O–H groups in total. The van der Waals surface area contributed by atoms with Crippen LogP contribution >= 0.6 is 0 Å². The third kappa shape index (κ3) is 2.96. The number of para-hydroxylation sites is 1. The van der Waals surface area contributed by atoms with E-state index in [1.54, 1.807) is 6.07 Å². The van der Waals surface area contributed by atoms with Gasteiger partial charge in [0.25, 0.3) is 0 Å². The lowest BCUT2D eigenvalue weighted by Crippen LogP contribution is -2.37. The maximum absolute atomic E-state index is 12.0. The van der Waals surface area contributed by atoms with Crippen LogP contribution in [0.4, 0.5) is 0 Å². The average molecular weight is 261 g/mol. The fourth-order valence-corrected chi connectivity index (χ4v) is 2.61. The van der Waals surface area contributed by atoms with Gasteiger partial charge in [0, 0.05) is 13.1 Å². The standard InChI is InChI=1S/C15H19NO3/c17-13-10-15(18-11-16-8-4-1-5-9-16)19-14-7-3-2-6-12(13)14/h2-3,6-7,15H,1,4-5,8-11H2. The number of ketones is 1. The van der Waals surface area contributed by atoms with Gasteiger partial charge in [0.2, 0.25) is 6.29 Å². The molecular formula is C15H19NO3. The topological polar surface area (TPSA) is 38.8 Å². The summed E-state index contributed by atoms with van der Waals surface area (Å²) in [6.45, 7) is 2.72. The highest BCUT2D eigenvalue weighted by Crippen LogP contribution is 2.27. The van der Waals surface area contributed by atoms with Crippen LogP contribution in [0.5, 0.6) is 5.75 Å². The Morgan fingerprint density at radius 2 is 2.00 bits per heavy atom. The van der Waals surface area contributed by atoms with Gasteiger partial charge in [0.05, 0.1) is 12.0 Å². The lowest BCUT2D eigenvalue weighted by molar-refractivity contribution is -0.121. The number of carbonyl (C=O) groups is 1. The Hall–Kier alpha value is -1.39. The largest absolute Gasteiger partial charge is 0.464 e. The SMILES string of the molecule is O=C1CC(OCN2CCCCC2)Oc2ccccc21. The molecule has 2 aliphatic rings. The summed E-state index contributed by atoms with van der Waals surface area (Å²) in [5, 5.41) is 0. The van der Waals surface area contributed by atoms with Crippen LogP contribution in [0.15, 0.2) is 24.3 Å². The first kappa shape index (κ1) is 12.6. The summed E-state index contributed by atoms with van der Waals surface area (Å²) in [6, 6.07) is 7.36. The zero-order valence-electron chi connectivity index (χ0n) is 11.0. The van der Waals surface area contributed by atoms with Crippen molar-refractivity contribution < 1.29 is 14.3 Å². The van der Waals surface area contributed by atoms with Gasteiger partial charge < -0.3 is 9.47 Å². The van der Waals surface area contributed by atoms with Crippen molar-refractivity contribution in [1.29, 1.82) is 0 Å². The van der Waals surface area contributed by atoms with Gasteiger partial charge in [0.15, 0.2) is 5.78 Å². The van der Waals surface area contributed by atoms with E-state index in [1.165, 1.54) is 19.3 Å². The summed E-state index contributed by atoms with van der Waals surface area (Å²) in [5.41, 5.74) is 0.667. The number of likely N-dealkylation sites (tertiary alicyclic amines) is 1. The van der Waals surface area contributed by atoms with Gasteiger partial charge in [-0.2, -0.15) is 0 Å². The van der Waals surface area contributed by atoms with Gasteiger partial charge in [-0.3, -0.25) is 9.69 Å². The number of hydrogen-bond donors (Lipinski definition) is 0. The van der Waals surface area contributed by atoms with E-state index in [9.17, 15) is 4.79 Å². The lowest BCUT2D eigenvalue weighted by Gasteiger charge is -2.30. The average Bonchev–Trinajstić information content (AvgIpc) is 2.46. The molecule has 19 heavy (non-hydrogen) atoms. The van der Waals surface area contributed by atoms with Crippen molar-refractivity contribution in [2.45, 2.75) is 32.0 Å². The van der Waals surface area contributed by atoms with Crippen LogP contribution in [0.3, 0.4) is 0 Å². The fourth-order valence-electron chi connectivity index (χ4n) is 2.61. The number of fused-ring (bicyclic) bond motifs is 1. The third-order valence-corrected chi connectivity index (χ3v) is 3.69. The second-order valence-corrected chi connectivity index (χ2v) is 5.15. The molecule has 0 aliphatic carbocycles. The van der Waals surface area contributed by atoms with Crippen LogP contribution in [-0.2, 0) is 4.74 Å². The van der Waals surface area contributed by atoms with E-state index in [0.29, 0.717) is 24.5 Å². The quantitative estimate of drug-likeness (QED) is 0.837. The van der Waals surface area contributed by atoms with E-state index < -0.39 is 6.29 Å². The van der Waals surface area contributed by atoms with Gasteiger partial charge in [-0.15, -0.1) is 0 Å². The molecule has 0 bridgehead atoms. The van der Waals surface area contributed by atoms with Crippen LogP contribution in [0.25, 0.3) is 0 Å². The molecule has 0 saturated carbocycles. The number of nitrogens with zero attached hydrogens (tertiary/aromatic N) is 1. The molecule has 3 rings (SSSR count). The zero-order valence-corrected chi connectivity index (χ0v) is 11.0. The molecule has 1 saturated heterocycles. The van der Waals surface area contributed by atoms with Crippen molar-refractivity contribution in [1.82, 2.24) is 4.90 Å². The van der Waals surface area contributed by atoms with Crippen molar-refractivity contribution in [2.75, 3.05) is 19.8 Å². The highest BCUT2D eigenvalue weighted by molar-refractivity contribution is 5.99. The predicted molar refractivity (Wildman–Crippen MR) is 71.2 cm³/mol. The summed E-state index contributed by atoms with van der Waals surface area (Å²) in [7, 11) is 0. The fraction of sp³-hybridized carbons (Fsp3) is 0.533. The number of ether oxygens (including phenoxy) is 2. The van der Waals surface area contributed by atoms with E-state index in [2.05, 4.69) is 4.90 Å². The van der Waals surface area contributed by atoms with Crippen molar-refractivity contribution in [3.05, 3.63) is 29.8 Å². The van der Waals surface area contributed by atoms with Gasteiger partial charge >= 0.3 is 0 Å². The third-order valence-electron chi connectivity index (χ3n) is 3.69. The molecule has 4 nitrogen and oxygen atoms in total. The second kappa shape index (κ2) is 5.72. The van der Waals surface area contributed by atoms with Crippen LogP contribution in [-0.4, -0.2) is 36.8 Å². The Bertz CT molecular complexity index is 454. The Balaban J connectivity index is 1.57. The number of rotatable bonds is 3. The lowest BCUT2D eigenvalue weighted by atomic mass is 10.0. The Morgan fingerprint density at radius 1 is 1.21 bits per heavy atom. The van der Waals surface area contributed by atoms with E-state index in [1.807, 2.05) is 18.2 Å². The van der Waals surface area contributed by atoms with Crippen LogP contribution < -0.4 is 4.74 Å². The first-order chi connectivity index (χ1) is 9.33. The van der Waals surface area contributed by atoms with Gasteiger partial charge in [0.1, 0.15) is 12.5 Å².